The molecule has 0 saturated heterocycles. The molecule has 1 amide bonds. The van der Waals surface area contributed by atoms with Crippen molar-refractivity contribution in [1.82, 2.24) is 9.55 Å². The number of hydrogen-bond acceptors (Lipinski definition) is 6. The lowest BCUT2D eigenvalue weighted by Crippen LogP contribution is -2.28. The monoisotopic (exact) mass is 407 g/mol. The van der Waals surface area contributed by atoms with Crippen LogP contribution in [0.4, 0.5) is 14.5 Å². The molecule has 3 rings (SSSR count). The van der Waals surface area contributed by atoms with Crippen molar-refractivity contribution in [2.75, 3.05) is 11.9 Å². The topological polar surface area (TPSA) is 90.3 Å². The summed E-state index contributed by atoms with van der Waals surface area (Å²) in [6, 6.07) is 2.65. The molecule has 3 aromatic rings. The summed E-state index contributed by atoms with van der Waals surface area (Å²) >= 11 is 1.03. The maximum absolute atomic E-state index is 13.6. The minimum absolute atomic E-state index is 0.195. The van der Waals surface area contributed by atoms with Gasteiger partial charge in [0.05, 0.1) is 24.0 Å². The van der Waals surface area contributed by atoms with Crippen LogP contribution in [0.2, 0.25) is 0 Å². The molecule has 0 unspecified atom stereocenters. The minimum atomic E-state index is -0.802. The van der Waals surface area contributed by atoms with Crippen molar-refractivity contribution in [3.63, 3.8) is 0 Å². The van der Waals surface area contributed by atoms with E-state index in [0.29, 0.717) is 10.4 Å². The van der Waals surface area contributed by atoms with Crippen LogP contribution in [-0.2, 0) is 16.1 Å². The number of benzene rings is 1. The van der Waals surface area contributed by atoms with E-state index >= 15 is 0 Å². The first kappa shape index (κ1) is 19.6. The maximum Gasteiger partial charge on any atom is 0.348 e. The zero-order chi connectivity index (χ0) is 20.4. The number of thiophene rings is 1. The number of halogens is 2. The lowest BCUT2D eigenvalue weighted by atomic mass is 10.2. The first-order valence-corrected chi connectivity index (χ1v) is 9.04. The highest BCUT2D eigenvalue weighted by molar-refractivity contribution is 7.20. The molecule has 2 heterocycles. The quantitative estimate of drug-likeness (QED) is 0.657. The van der Waals surface area contributed by atoms with Crippen molar-refractivity contribution in [1.29, 1.82) is 0 Å². The number of aryl methyl sites for hydroxylation is 1. The number of carbonyl (C=O) groups excluding carboxylic acids is 2. The van der Waals surface area contributed by atoms with Gasteiger partial charge >= 0.3 is 5.97 Å². The number of fused-ring (bicyclic) bond motifs is 1. The van der Waals surface area contributed by atoms with Crippen LogP contribution < -0.4 is 10.9 Å². The molecule has 0 bridgehead atoms. The van der Waals surface area contributed by atoms with E-state index in [9.17, 15) is 23.2 Å². The van der Waals surface area contributed by atoms with Gasteiger partial charge < -0.3 is 10.1 Å². The summed E-state index contributed by atoms with van der Waals surface area (Å²) in [4.78, 5) is 41.6. The van der Waals surface area contributed by atoms with Gasteiger partial charge in [0, 0.05) is 6.07 Å². The summed E-state index contributed by atoms with van der Waals surface area (Å²) in [5, 5.41) is 2.43. The molecule has 0 fully saturated rings. The number of nitrogens with one attached hydrogen (secondary N) is 1. The minimum Gasteiger partial charge on any atom is -0.462 e. The predicted molar refractivity (Wildman–Crippen MR) is 99.6 cm³/mol. The number of amides is 1. The molecule has 0 aliphatic heterocycles. The Balaban J connectivity index is 1.89. The fourth-order valence-corrected chi connectivity index (χ4v) is 3.63. The van der Waals surface area contributed by atoms with Crippen LogP contribution in [-0.4, -0.2) is 28.0 Å². The van der Waals surface area contributed by atoms with Gasteiger partial charge in [0.2, 0.25) is 5.91 Å². The smallest absolute Gasteiger partial charge is 0.348 e. The largest absolute Gasteiger partial charge is 0.462 e. The third-order valence-corrected chi connectivity index (χ3v) is 5.07. The normalized spacial score (nSPS) is 10.9. The third-order valence-electron chi connectivity index (χ3n) is 3.89. The molecular weight excluding hydrogens is 392 g/mol. The van der Waals surface area contributed by atoms with E-state index in [1.165, 1.54) is 0 Å². The number of anilines is 1. The average molecular weight is 407 g/mol. The Labute approximate surface area is 161 Å². The fourth-order valence-electron chi connectivity index (χ4n) is 2.60. The lowest BCUT2D eigenvalue weighted by molar-refractivity contribution is -0.116. The number of nitrogens with zero attached hydrogens (tertiary/aromatic N) is 2. The highest BCUT2D eigenvalue weighted by Gasteiger charge is 2.21. The predicted octanol–water partition coefficient (Wildman–Crippen LogP) is 2.86. The van der Waals surface area contributed by atoms with Gasteiger partial charge in [-0.05, 0) is 31.5 Å². The van der Waals surface area contributed by atoms with E-state index in [1.54, 1.807) is 13.8 Å². The molecule has 0 spiro atoms. The maximum atomic E-state index is 13.6. The van der Waals surface area contributed by atoms with Crippen LogP contribution in [0.25, 0.3) is 10.2 Å². The number of ether oxygens (including phenoxy) is 1. The Morgan fingerprint density at radius 2 is 2.07 bits per heavy atom. The van der Waals surface area contributed by atoms with Crippen molar-refractivity contribution in [2.45, 2.75) is 20.4 Å². The van der Waals surface area contributed by atoms with Crippen molar-refractivity contribution in [3.8, 4) is 0 Å². The van der Waals surface area contributed by atoms with E-state index in [2.05, 4.69) is 10.3 Å². The summed E-state index contributed by atoms with van der Waals surface area (Å²) in [5.41, 5.74) is -0.436. The van der Waals surface area contributed by atoms with Crippen molar-refractivity contribution in [2.24, 2.45) is 0 Å². The Morgan fingerprint density at radius 1 is 1.32 bits per heavy atom. The van der Waals surface area contributed by atoms with Crippen LogP contribution in [0.5, 0.6) is 0 Å². The van der Waals surface area contributed by atoms with Crippen LogP contribution in [0.15, 0.2) is 29.3 Å². The van der Waals surface area contributed by atoms with E-state index in [0.717, 1.165) is 40.4 Å². The zero-order valence-corrected chi connectivity index (χ0v) is 15.7. The second-order valence-electron chi connectivity index (χ2n) is 5.81. The lowest BCUT2D eigenvalue weighted by Gasteiger charge is -2.08. The van der Waals surface area contributed by atoms with Crippen LogP contribution in [0, 0.1) is 18.6 Å². The molecule has 10 heteroatoms. The Morgan fingerprint density at radius 3 is 2.79 bits per heavy atom. The SMILES string of the molecule is CCOC(=O)c1sc2ncn(CC(=O)Nc3cc(F)ccc3F)c(=O)c2c1C. The molecule has 0 aliphatic rings. The van der Waals surface area contributed by atoms with Gasteiger partial charge in [-0.2, -0.15) is 0 Å². The van der Waals surface area contributed by atoms with E-state index in [4.69, 9.17) is 4.74 Å². The van der Waals surface area contributed by atoms with Crippen LogP contribution in [0.3, 0.4) is 0 Å². The zero-order valence-electron chi connectivity index (χ0n) is 14.9. The van der Waals surface area contributed by atoms with Gasteiger partial charge in [-0.1, -0.05) is 0 Å². The second-order valence-corrected chi connectivity index (χ2v) is 6.81. The first-order chi connectivity index (χ1) is 13.3. The fraction of sp³-hybridized carbons (Fsp3) is 0.222. The van der Waals surface area contributed by atoms with Crippen molar-refractivity contribution in [3.05, 3.63) is 57.0 Å². The third kappa shape index (κ3) is 3.77. The number of esters is 1. The molecule has 0 aliphatic carbocycles. The van der Waals surface area contributed by atoms with Gasteiger partial charge in [-0.15, -0.1) is 11.3 Å². The van der Waals surface area contributed by atoms with E-state index in [1.807, 2.05) is 0 Å². The Hall–Kier alpha value is -3.14. The Kier molecular flexibility index (Phi) is 5.50. The van der Waals surface area contributed by atoms with E-state index in [-0.39, 0.29) is 22.6 Å². The molecule has 7 nitrogen and oxygen atoms in total. The molecule has 1 aromatic carbocycles. The van der Waals surface area contributed by atoms with Crippen molar-refractivity contribution < 1.29 is 23.1 Å². The van der Waals surface area contributed by atoms with Crippen molar-refractivity contribution >= 4 is 39.1 Å². The molecule has 0 radical (unpaired) electrons. The van der Waals surface area contributed by atoms with Crippen LogP contribution in [0.1, 0.15) is 22.2 Å². The summed E-state index contributed by atoms with van der Waals surface area (Å²) in [7, 11) is 0. The second kappa shape index (κ2) is 7.85. The summed E-state index contributed by atoms with van der Waals surface area (Å²) in [6.45, 7) is 3.01. The van der Waals surface area contributed by atoms with Gasteiger partial charge in [-0.3, -0.25) is 14.2 Å². The highest BCUT2D eigenvalue weighted by atomic mass is 32.1. The summed E-state index contributed by atoms with van der Waals surface area (Å²) < 4.78 is 32.9. The molecular formula is C18H15F2N3O4S. The number of carbonyl (C=O) groups is 2. The number of hydrogen-bond donors (Lipinski definition) is 1. The standard InChI is InChI=1S/C18H15F2N3O4S/c1-3-27-18(26)15-9(2)14-16(28-15)21-8-23(17(14)25)7-13(24)22-12-6-10(19)4-5-11(12)20/h4-6,8H,3,7H2,1-2H3,(H,22,24). The molecule has 2 aromatic heterocycles. The molecule has 0 atom stereocenters. The average Bonchev–Trinajstić information content (AvgIpc) is 2.98. The summed E-state index contributed by atoms with van der Waals surface area (Å²) in [6.07, 6.45) is 1.16. The molecule has 146 valence electrons. The van der Waals surface area contributed by atoms with Crippen LogP contribution >= 0.6 is 11.3 Å². The summed E-state index contributed by atoms with van der Waals surface area (Å²) in [5.74, 6) is -2.79. The van der Waals surface area contributed by atoms with Gasteiger partial charge in [0.1, 0.15) is 27.9 Å². The number of rotatable bonds is 5. The van der Waals surface area contributed by atoms with Gasteiger partial charge in [0.15, 0.2) is 0 Å². The highest BCUT2D eigenvalue weighted by Crippen LogP contribution is 2.27. The number of aromatic nitrogens is 2. The van der Waals surface area contributed by atoms with Gasteiger partial charge in [-0.25, -0.2) is 18.6 Å². The first-order valence-electron chi connectivity index (χ1n) is 8.22. The Bertz CT molecular complexity index is 1140. The van der Waals surface area contributed by atoms with Gasteiger partial charge in [0.25, 0.3) is 5.56 Å². The molecule has 28 heavy (non-hydrogen) atoms. The molecule has 1 N–H and O–H groups in total. The molecule has 0 saturated carbocycles. The van der Waals surface area contributed by atoms with E-state index < -0.39 is 35.6 Å².